The smallest absolute Gasteiger partial charge is 0.117 e. The zero-order valence-electron chi connectivity index (χ0n) is 6.58. The molecule has 0 aliphatic carbocycles. The molecule has 2 rings (SSSR count). The van der Waals surface area contributed by atoms with Gasteiger partial charge in [0.15, 0.2) is 0 Å². The van der Waals surface area contributed by atoms with Gasteiger partial charge in [-0.1, -0.05) is 28.1 Å². The second kappa shape index (κ2) is 2.86. The summed E-state index contributed by atoms with van der Waals surface area (Å²) in [5, 5.41) is 10.7. The van der Waals surface area contributed by atoms with E-state index in [2.05, 4.69) is 38.3 Å². The number of alkyl halides is 1. The van der Waals surface area contributed by atoms with Crippen molar-refractivity contribution >= 4 is 27.0 Å². The molecule has 2 aromatic rings. The summed E-state index contributed by atoms with van der Waals surface area (Å²) in [6.07, 6.45) is 0. The first-order chi connectivity index (χ1) is 5.79. The Morgan fingerprint density at radius 1 is 1.42 bits per heavy atom. The van der Waals surface area contributed by atoms with Crippen LogP contribution in [-0.2, 0) is 0 Å². The van der Waals surface area contributed by atoms with Gasteiger partial charge in [0.2, 0.25) is 0 Å². The van der Waals surface area contributed by atoms with Crippen LogP contribution < -0.4 is 0 Å². The molecule has 1 heterocycles. The summed E-state index contributed by atoms with van der Waals surface area (Å²) in [4.78, 5) is 0.311. The summed E-state index contributed by atoms with van der Waals surface area (Å²) < 4.78 is 0. The standard InChI is InChI=1S/C8H8BrN3/c1-5(9)6-3-2-4-7-8(6)11-12-10-7/h2-5H,1H3,(H,10,11,12). The van der Waals surface area contributed by atoms with Crippen LogP contribution in [0.15, 0.2) is 18.2 Å². The third kappa shape index (κ3) is 1.12. The Balaban J connectivity index is 2.73. The van der Waals surface area contributed by atoms with Crippen LogP contribution in [0.25, 0.3) is 11.0 Å². The van der Waals surface area contributed by atoms with Crippen LogP contribution in [0.5, 0.6) is 0 Å². The van der Waals surface area contributed by atoms with Crippen LogP contribution in [-0.4, -0.2) is 15.4 Å². The molecule has 62 valence electrons. The van der Waals surface area contributed by atoms with Crippen LogP contribution in [0.1, 0.15) is 17.3 Å². The Kier molecular flexibility index (Phi) is 1.84. The molecule has 1 atom stereocenters. The number of nitrogens with zero attached hydrogens (tertiary/aromatic N) is 2. The van der Waals surface area contributed by atoms with Gasteiger partial charge in [-0.15, -0.1) is 0 Å². The number of aromatic amines is 1. The minimum Gasteiger partial charge on any atom is -0.197 e. The lowest BCUT2D eigenvalue weighted by molar-refractivity contribution is 0.956. The van der Waals surface area contributed by atoms with E-state index in [0.717, 1.165) is 11.0 Å². The van der Waals surface area contributed by atoms with Crippen molar-refractivity contribution in [2.45, 2.75) is 11.8 Å². The van der Waals surface area contributed by atoms with Crippen molar-refractivity contribution < 1.29 is 0 Å². The van der Waals surface area contributed by atoms with Crippen molar-refractivity contribution in [2.24, 2.45) is 0 Å². The fourth-order valence-electron chi connectivity index (χ4n) is 1.21. The lowest BCUT2D eigenvalue weighted by atomic mass is 10.1. The van der Waals surface area contributed by atoms with Crippen molar-refractivity contribution in [3.8, 4) is 0 Å². The van der Waals surface area contributed by atoms with Crippen molar-refractivity contribution in [2.75, 3.05) is 0 Å². The number of halogens is 1. The predicted molar refractivity (Wildman–Crippen MR) is 51.2 cm³/mol. The molecule has 0 bridgehead atoms. The average Bonchev–Trinajstić information content (AvgIpc) is 2.49. The summed E-state index contributed by atoms with van der Waals surface area (Å²) in [5.74, 6) is 0. The van der Waals surface area contributed by atoms with E-state index in [0.29, 0.717) is 4.83 Å². The van der Waals surface area contributed by atoms with Gasteiger partial charge in [-0.3, -0.25) is 0 Å². The second-order valence-electron chi connectivity index (χ2n) is 2.65. The van der Waals surface area contributed by atoms with Crippen LogP contribution in [0.3, 0.4) is 0 Å². The molecule has 3 nitrogen and oxygen atoms in total. The summed E-state index contributed by atoms with van der Waals surface area (Å²) >= 11 is 3.51. The molecule has 0 radical (unpaired) electrons. The Bertz CT molecular complexity index is 394. The van der Waals surface area contributed by atoms with Gasteiger partial charge in [0.25, 0.3) is 0 Å². The van der Waals surface area contributed by atoms with Crippen LogP contribution in [0, 0.1) is 0 Å². The lowest BCUT2D eigenvalue weighted by Crippen LogP contribution is -1.85. The van der Waals surface area contributed by atoms with Crippen molar-refractivity contribution in [1.29, 1.82) is 0 Å². The molecule has 1 N–H and O–H groups in total. The normalized spacial score (nSPS) is 13.5. The van der Waals surface area contributed by atoms with Gasteiger partial charge >= 0.3 is 0 Å². The molecule has 0 amide bonds. The first-order valence-corrected chi connectivity index (χ1v) is 4.64. The molecule has 4 heteroatoms. The molecular formula is C8H8BrN3. The molecular weight excluding hydrogens is 218 g/mol. The first-order valence-electron chi connectivity index (χ1n) is 3.72. The number of nitrogens with one attached hydrogen (secondary N) is 1. The molecule has 1 aromatic carbocycles. The Hall–Kier alpha value is -0.900. The topological polar surface area (TPSA) is 41.6 Å². The monoisotopic (exact) mass is 225 g/mol. The maximum absolute atomic E-state index is 4.07. The Morgan fingerprint density at radius 3 is 3.00 bits per heavy atom. The molecule has 12 heavy (non-hydrogen) atoms. The molecule has 0 aliphatic heterocycles. The SMILES string of the molecule is CC(Br)c1cccc2n[nH]nc12. The number of fused-ring (bicyclic) bond motifs is 1. The zero-order valence-corrected chi connectivity index (χ0v) is 8.17. The summed E-state index contributed by atoms with van der Waals surface area (Å²) in [6, 6.07) is 5.97. The molecule has 1 aromatic heterocycles. The number of H-pyrrole nitrogens is 1. The zero-order chi connectivity index (χ0) is 8.55. The molecule has 0 saturated carbocycles. The van der Waals surface area contributed by atoms with Gasteiger partial charge in [-0.2, -0.15) is 15.4 Å². The third-order valence-electron chi connectivity index (χ3n) is 1.81. The van der Waals surface area contributed by atoms with E-state index in [1.54, 1.807) is 0 Å². The maximum atomic E-state index is 4.07. The van der Waals surface area contributed by atoms with E-state index in [1.807, 2.05) is 18.2 Å². The van der Waals surface area contributed by atoms with Crippen molar-refractivity contribution in [3.05, 3.63) is 23.8 Å². The van der Waals surface area contributed by atoms with Gasteiger partial charge < -0.3 is 0 Å². The first kappa shape index (κ1) is 7.73. The van der Waals surface area contributed by atoms with E-state index in [1.165, 1.54) is 5.56 Å². The molecule has 0 saturated heterocycles. The second-order valence-corrected chi connectivity index (χ2v) is 4.03. The largest absolute Gasteiger partial charge is 0.197 e. The molecule has 1 unspecified atom stereocenters. The summed E-state index contributed by atoms with van der Waals surface area (Å²) in [5.41, 5.74) is 3.03. The highest BCUT2D eigenvalue weighted by molar-refractivity contribution is 9.09. The minimum absolute atomic E-state index is 0.311. The minimum atomic E-state index is 0.311. The van der Waals surface area contributed by atoms with Gasteiger partial charge in [0.05, 0.1) is 0 Å². The van der Waals surface area contributed by atoms with E-state index < -0.39 is 0 Å². The van der Waals surface area contributed by atoms with Crippen molar-refractivity contribution in [3.63, 3.8) is 0 Å². The average molecular weight is 226 g/mol. The number of hydrogen-bond donors (Lipinski definition) is 1. The Morgan fingerprint density at radius 2 is 2.25 bits per heavy atom. The highest BCUT2D eigenvalue weighted by atomic mass is 79.9. The number of rotatable bonds is 1. The highest BCUT2D eigenvalue weighted by Crippen LogP contribution is 2.26. The fourth-order valence-corrected chi connectivity index (χ4v) is 1.58. The highest BCUT2D eigenvalue weighted by Gasteiger charge is 2.07. The molecule has 0 spiro atoms. The third-order valence-corrected chi connectivity index (χ3v) is 2.30. The number of hydrogen-bond acceptors (Lipinski definition) is 2. The fraction of sp³-hybridized carbons (Fsp3) is 0.250. The maximum Gasteiger partial charge on any atom is 0.117 e. The van der Waals surface area contributed by atoms with Crippen molar-refractivity contribution in [1.82, 2.24) is 15.4 Å². The number of para-hydroxylation sites is 1. The summed E-state index contributed by atoms with van der Waals surface area (Å²) in [7, 11) is 0. The van der Waals surface area contributed by atoms with E-state index >= 15 is 0 Å². The molecule has 0 aliphatic rings. The number of aromatic nitrogens is 3. The predicted octanol–water partition coefficient (Wildman–Crippen LogP) is 2.41. The van der Waals surface area contributed by atoms with E-state index in [4.69, 9.17) is 0 Å². The van der Waals surface area contributed by atoms with Gasteiger partial charge in [-0.25, -0.2) is 0 Å². The van der Waals surface area contributed by atoms with E-state index in [-0.39, 0.29) is 0 Å². The quantitative estimate of drug-likeness (QED) is 0.758. The number of benzene rings is 1. The van der Waals surface area contributed by atoms with Crippen LogP contribution in [0.4, 0.5) is 0 Å². The van der Waals surface area contributed by atoms with E-state index in [9.17, 15) is 0 Å². The van der Waals surface area contributed by atoms with Gasteiger partial charge in [0, 0.05) is 4.83 Å². The van der Waals surface area contributed by atoms with Gasteiger partial charge in [-0.05, 0) is 18.6 Å². The van der Waals surface area contributed by atoms with Gasteiger partial charge in [0.1, 0.15) is 11.0 Å². The Labute approximate surface area is 78.3 Å². The molecule has 0 fully saturated rings. The van der Waals surface area contributed by atoms with Crippen LogP contribution >= 0.6 is 15.9 Å². The lowest BCUT2D eigenvalue weighted by Gasteiger charge is -2.01. The summed E-state index contributed by atoms with van der Waals surface area (Å²) in [6.45, 7) is 2.07. The van der Waals surface area contributed by atoms with Crippen LogP contribution in [0.2, 0.25) is 0 Å².